The molecule has 4 nitrogen and oxygen atoms in total. The van der Waals surface area contributed by atoms with E-state index in [-0.39, 0.29) is 11.9 Å². The van der Waals surface area contributed by atoms with Gasteiger partial charge in [0.15, 0.2) is 0 Å². The van der Waals surface area contributed by atoms with Gasteiger partial charge in [0.05, 0.1) is 23.2 Å². The maximum atomic E-state index is 12.5. The minimum absolute atomic E-state index is 0.117. The van der Waals surface area contributed by atoms with Gasteiger partial charge in [-0.25, -0.2) is 4.98 Å². The molecule has 3 rings (SSSR count). The van der Waals surface area contributed by atoms with E-state index in [2.05, 4.69) is 4.98 Å². The molecule has 0 N–H and O–H groups in total. The number of benzene rings is 1. The van der Waals surface area contributed by atoms with Gasteiger partial charge in [-0.3, -0.25) is 4.79 Å². The quantitative estimate of drug-likeness (QED) is 0.854. The summed E-state index contributed by atoms with van der Waals surface area (Å²) in [4.78, 5) is 18.6. The highest BCUT2D eigenvalue weighted by molar-refractivity contribution is 6.35. The largest absolute Gasteiger partial charge is 0.379 e. The van der Waals surface area contributed by atoms with Crippen LogP contribution in [0.4, 0.5) is 0 Å². The summed E-state index contributed by atoms with van der Waals surface area (Å²) in [5.74, 6) is -0.117. The summed E-state index contributed by atoms with van der Waals surface area (Å²) in [6, 6.07) is 9.30. The highest BCUT2D eigenvalue weighted by Gasteiger charge is 2.26. The van der Waals surface area contributed by atoms with Crippen LogP contribution in [0.2, 0.25) is 5.02 Å². The zero-order valence-electron chi connectivity index (χ0n) is 11.2. The van der Waals surface area contributed by atoms with Crippen LogP contribution in [0.25, 0.3) is 10.9 Å². The first-order valence-electron chi connectivity index (χ1n) is 6.57. The second-order valence-electron chi connectivity index (χ2n) is 4.94. The number of para-hydroxylation sites is 1. The van der Waals surface area contributed by atoms with Gasteiger partial charge in [-0.2, -0.15) is 0 Å². The molecule has 0 bridgehead atoms. The van der Waals surface area contributed by atoms with Gasteiger partial charge in [-0.1, -0.05) is 29.8 Å². The van der Waals surface area contributed by atoms with Gasteiger partial charge < -0.3 is 9.64 Å². The number of ether oxygens (including phenoxy) is 1. The molecule has 1 aromatic heterocycles. The van der Waals surface area contributed by atoms with E-state index in [9.17, 15) is 4.79 Å². The first-order chi connectivity index (χ1) is 9.66. The van der Waals surface area contributed by atoms with E-state index in [0.717, 1.165) is 17.3 Å². The predicted molar refractivity (Wildman–Crippen MR) is 78.1 cm³/mol. The Balaban J connectivity index is 1.95. The smallest absolute Gasteiger partial charge is 0.272 e. The first kappa shape index (κ1) is 13.3. The topological polar surface area (TPSA) is 42.4 Å². The Morgan fingerprint density at radius 2 is 2.25 bits per heavy atom. The van der Waals surface area contributed by atoms with Crippen LogP contribution in [0.3, 0.4) is 0 Å². The molecule has 1 amide bonds. The van der Waals surface area contributed by atoms with Crippen LogP contribution >= 0.6 is 11.6 Å². The van der Waals surface area contributed by atoms with Crippen LogP contribution in [0.1, 0.15) is 16.9 Å². The number of rotatable bonds is 2. The Kier molecular flexibility index (Phi) is 3.59. The normalized spacial score (nSPS) is 18.4. The zero-order valence-corrected chi connectivity index (χ0v) is 11.9. The number of halogens is 1. The Bertz CT molecular complexity index is 653. The summed E-state index contributed by atoms with van der Waals surface area (Å²) in [6.45, 7) is 1.29. The van der Waals surface area contributed by atoms with Crippen molar-refractivity contribution in [2.24, 2.45) is 0 Å². The van der Waals surface area contributed by atoms with E-state index in [1.807, 2.05) is 24.3 Å². The number of fused-ring (bicyclic) bond motifs is 1. The summed E-state index contributed by atoms with van der Waals surface area (Å²) in [5.41, 5.74) is 1.11. The molecular formula is C15H15ClN2O2. The zero-order chi connectivity index (χ0) is 14.1. The number of nitrogens with zero attached hydrogens (tertiary/aromatic N) is 2. The van der Waals surface area contributed by atoms with Gasteiger partial charge in [-0.15, -0.1) is 0 Å². The molecule has 0 aliphatic carbocycles. The third-order valence-corrected chi connectivity index (χ3v) is 3.97. The molecule has 1 aromatic carbocycles. The fourth-order valence-corrected chi connectivity index (χ4v) is 2.68. The third-order valence-electron chi connectivity index (χ3n) is 3.66. The molecule has 2 aromatic rings. The molecule has 0 spiro atoms. The highest BCUT2D eigenvalue weighted by Crippen LogP contribution is 2.24. The van der Waals surface area contributed by atoms with E-state index in [1.54, 1.807) is 18.0 Å². The number of hydrogen-bond acceptors (Lipinski definition) is 3. The van der Waals surface area contributed by atoms with Crippen molar-refractivity contribution in [3.05, 3.63) is 41.0 Å². The maximum Gasteiger partial charge on any atom is 0.272 e. The van der Waals surface area contributed by atoms with Gasteiger partial charge in [0.25, 0.3) is 5.91 Å². The molecular weight excluding hydrogens is 276 g/mol. The lowest BCUT2D eigenvalue weighted by atomic mass is 10.1. The second kappa shape index (κ2) is 5.38. The van der Waals surface area contributed by atoms with Crippen LogP contribution in [0.5, 0.6) is 0 Å². The van der Waals surface area contributed by atoms with E-state index < -0.39 is 0 Å². The van der Waals surface area contributed by atoms with E-state index >= 15 is 0 Å². The number of aromatic nitrogens is 1. The van der Waals surface area contributed by atoms with Gasteiger partial charge in [0, 0.05) is 19.0 Å². The van der Waals surface area contributed by atoms with Crippen molar-refractivity contribution in [2.45, 2.75) is 12.5 Å². The third kappa shape index (κ3) is 2.37. The van der Waals surface area contributed by atoms with Crippen LogP contribution in [-0.2, 0) is 4.74 Å². The van der Waals surface area contributed by atoms with Crippen molar-refractivity contribution in [2.75, 3.05) is 20.3 Å². The van der Waals surface area contributed by atoms with Crippen molar-refractivity contribution < 1.29 is 9.53 Å². The Hall–Kier alpha value is -1.65. The summed E-state index contributed by atoms with van der Waals surface area (Å²) >= 11 is 6.24. The summed E-state index contributed by atoms with van der Waals surface area (Å²) in [7, 11) is 1.78. The Labute approximate surface area is 122 Å². The molecule has 104 valence electrons. The average molecular weight is 291 g/mol. The molecule has 2 heterocycles. The van der Waals surface area contributed by atoms with E-state index in [0.29, 0.717) is 23.9 Å². The van der Waals surface area contributed by atoms with Crippen LogP contribution < -0.4 is 0 Å². The summed E-state index contributed by atoms with van der Waals surface area (Å²) in [5, 5.41) is 1.41. The molecule has 20 heavy (non-hydrogen) atoms. The van der Waals surface area contributed by atoms with E-state index in [1.165, 1.54) is 0 Å². The van der Waals surface area contributed by atoms with Crippen LogP contribution in [0, 0.1) is 0 Å². The highest BCUT2D eigenvalue weighted by atomic mass is 35.5. The lowest BCUT2D eigenvalue weighted by Gasteiger charge is -2.22. The molecule has 1 aliphatic rings. The van der Waals surface area contributed by atoms with Gasteiger partial charge >= 0.3 is 0 Å². The van der Waals surface area contributed by atoms with Crippen molar-refractivity contribution in [1.82, 2.24) is 9.88 Å². The molecule has 5 heteroatoms. The average Bonchev–Trinajstić information content (AvgIpc) is 3.00. The second-order valence-corrected chi connectivity index (χ2v) is 5.35. The Morgan fingerprint density at radius 3 is 3.00 bits per heavy atom. The predicted octanol–water partition coefficient (Wildman–Crippen LogP) is 2.75. The molecule has 1 fully saturated rings. The lowest BCUT2D eigenvalue weighted by Crippen LogP contribution is -2.37. The standard InChI is InChI=1S/C15H15ClN2O2/c1-18(10-6-7-20-9-10)15(19)14-8-12(16)11-4-2-3-5-13(11)17-14/h2-5,8,10H,6-7,9H2,1H3. The van der Waals surface area contributed by atoms with Gasteiger partial charge in [0.1, 0.15) is 5.69 Å². The number of amides is 1. The van der Waals surface area contributed by atoms with Crippen molar-refractivity contribution in [3.63, 3.8) is 0 Å². The number of pyridine rings is 1. The number of carbonyl (C=O) groups excluding carboxylic acids is 1. The molecule has 1 unspecified atom stereocenters. The first-order valence-corrected chi connectivity index (χ1v) is 6.95. The van der Waals surface area contributed by atoms with Crippen LogP contribution in [-0.4, -0.2) is 42.1 Å². The molecule has 0 saturated carbocycles. The fraction of sp³-hybridized carbons (Fsp3) is 0.333. The summed E-state index contributed by atoms with van der Waals surface area (Å²) < 4.78 is 5.32. The Morgan fingerprint density at radius 1 is 1.45 bits per heavy atom. The van der Waals surface area contributed by atoms with Gasteiger partial charge in [0.2, 0.25) is 0 Å². The molecule has 1 saturated heterocycles. The van der Waals surface area contributed by atoms with Crippen molar-refractivity contribution in [3.8, 4) is 0 Å². The fourth-order valence-electron chi connectivity index (χ4n) is 2.42. The molecule has 0 radical (unpaired) electrons. The minimum Gasteiger partial charge on any atom is -0.379 e. The lowest BCUT2D eigenvalue weighted by molar-refractivity contribution is 0.0706. The minimum atomic E-state index is -0.117. The summed E-state index contributed by atoms with van der Waals surface area (Å²) in [6.07, 6.45) is 0.865. The van der Waals surface area contributed by atoms with Crippen molar-refractivity contribution in [1.29, 1.82) is 0 Å². The van der Waals surface area contributed by atoms with Crippen LogP contribution in [0.15, 0.2) is 30.3 Å². The SMILES string of the molecule is CN(C(=O)c1cc(Cl)c2ccccc2n1)C1CCOC1. The number of hydrogen-bond donors (Lipinski definition) is 0. The van der Waals surface area contributed by atoms with Gasteiger partial charge in [-0.05, 0) is 18.6 Å². The molecule has 1 aliphatic heterocycles. The number of likely N-dealkylation sites (N-methyl/N-ethyl adjacent to an activating group) is 1. The molecule has 1 atom stereocenters. The van der Waals surface area contributed by atoms with Crippen molar-refractivity contribution >= 4 is 28.4 Å². The monoisotopic (exact) mass is 290 g/mol. The maximum absolute atomic E-state index is 12.5. The number of carbonyl (C=O) groups is 1. The van der Waals surface area contributed by atoms with E-state index in [4.69, 9.17) is 16.3 Å².